The Labute approximate surface area is 80.0 Å². The van der Waals surface area contributed by atoms with Gasteiger partial charge in [-0.05, 0) is 19.9 Å². The molecule has 0 spiro atoms. The largest absolute Gasteiger partial charge is 0.492 e. The molecule has 0 saturated carbocycles. The maximum atomic E-state index is 5.59. The average molecular weight is 179 g/mol. The molecular weight excluding hydrogens is 162 g/mol. The van der Waals surface area contributed by atoms with E-state index in [9.17, 15) is 0 Å². The number of hydrogen-bond donors (Lipinski definition) is 1. The van der Waals surface area contributed by atoms with Crippen molar-refractivity contribution in [2.24, 2.45) is 0 Å². The summed E-state index contributed by atoms with van der Waals surface area (Å²) in [5.41, 5.74) is 1.22. The molecule has 0 amide bonds. The van der Waals surface area contributed by atoms with Crippen LogP contribution in [0, 0.1) is 0 Å². The SMILES string of the molecule is C/C=C\C1=C(/C=C\C)OCCNC1. The van der Waals surface area contributed by atoms with Crippen molar-refractivity contribution in [1.29, 1.82) is 0 Å². The Morgan fingerprint density at radius 1 is 1.23 bits per heavy atom. The lowest BCUT2D eigenvalue weighted by Gasteiger charge is -2.05. The van der Waals surface area contributed by atoms with E-state index in [-0.39, 0.29) is 0 Å². The fraction of sp³-hybridized carbons (Fsp3) is 0.455. The van der Waals surface area contributed by atoms with Crippen molar-refractivity contribution >= 4 is 0 Å². The number of rotatable bonds is 2. The first kappa shape index (κ1) is 10.1. The van der Waals surface area contributed by atoms with Crippen LogP contribution in [0.3, 0.4) is 0 Å². The molecule has 1 aliphatic rings. The summed E-state index contributed by atoms with van der Waals surface area (Å²) in [6, 6.07) is 0. The Morgan fingerprint density at radius 3 is 2.69 bits per heavy atom. The Hall–Kier alpha value is -1.02. The Bertz CT molecular complexity index is 214. The summed E-state index contributed by atoms with van der Waals surface area (Å²) in [7, 11) is 0. The van der Waals surface area contributed by atoms with Crippen LogP contribution in [-0.4, -0.2) is 19.7 Å². The van der Waals surface area contributed by atoms with Crippen molar-refractivity contribution < 1.29 is 4.74 Å². The van der Waals surface area contributed by atoms with Gasteiger partial charge in [-0.3, -0.25) is 0 Å². The van der Waals surface area contributed by atoms with E-state index in [0.29, 0.717) is 0 Å². The van der Waals surface area contributed by atoms with Gasteiger partial charge in [0.2, 0.25) is 0 Å². The quantitative estimate of drug-likeness (QED) is 0.700. The lowest BCUT2D eigenvalue weighted by atomic mass is 10.2. The van der Waals surface area contributed by atoms with Crippen LogP contribution in [0.4, 0.5) is 0 Å². The third kappa shape index (κ3) is 3.07. The van der Waals surface area contributed by atoms with Crippen molar-refractivity contribution in [3.05, 3.63) is 35.6 Å². The Morgan fingerprint density at radius 2 is 2.00 bits per heavy atom. The molecule has 0 bridgehead atoms. The van der Waals surface area contributed by atoms with E-state index in [1.165, 1.54) is 5.57 Å². The zero-order chi connectivity index (χ0) is 9.52. The summed E-state index contributed by atoms with van der Waals surface area (Å²) in [6.45, 7) is 6.58. The highest BCUT2D eigenvalue weighted by molar-refractivity contribution is 5.30. The fourth-order valence-electron chi connectivity index (χ4n) is 1.28. The minimum atomic E-state index is 0.751. The molecule has 0 aliphatic carbocycles. The predicted molar refractivity (Wildman–Crippen MR) is 55.5 cm³/mol. The molecule has 0 aromatic heterocycles. The third-order valence-electron chi connectivity index (χ3n) is 1.85. The van der Waals surface area contributed by atoms with E-state index in [0.717, 1.165) is 25.5 Å². The zero-order valence-electron chi connectivity index (χ0n) is 8.34. The van der Waals surface area contributed by atoms with Crippen LogP contribution in [0.2, 0.25) is 0 Å². The molecule has 0 radical (unpaired) electrons. The molecule has 0 fully saturated rings. The lowest BCUT2D eigenvalue weighted by molar-refractivity contribution is 0.232. The fourth-order valence-corrected chi connectivity index (χ4v) is 1.28. The van der Waals surface area contributed by atoms with Crippen LogP contribution in [0.1, 0.15) is 13.8 Å². The van der Waals surface area contributed by atoms with Crippen LogP contribution in [0.5, 0.6) is 0 Å². The van der Waals surface area contributed by atoms with Crippen molar-refractivity contribution in [3.63, 3.8) is 0 Å². The first-order chi connectivity index (χ1) is 6.38. The van der Waals surface area contributed by atoms with Gasteiger partial charge in [0.05, 0.1) is 0 Å². The molecule has 2 heteroatoms. The van der Waals surface area contributed by atoms with Gasteiger partial charge in [-0.25, -0.2) is 0 Å². The van der Waals surface area contributed by atoms with Crippen molar-refractivity contribution in [1.82, 2.24) is 5.32 Å². The standard InChI is InChI=1S/C11H17NO/c1-3-5-10-9-12-7-8-13-11(10)6-4-2/h3-6,12H,7-9H2,1-2H3/b5-3-,6-4-. The van der Waals surface area contributed by atoms with Gasteiger partial charge in [0.15, 0.2) is 0 Å². The van der Waals surface area contributed by atoms with Crippen molar-refractivity contribution in [2.45, 2.75) is 13.8 Å². The second-order valence-electron chi connectivity index (χ2n) is 2.91. The molecule has 1 rings (SSSR count). The summed E-state index contributed by atoms with van der Waals surface area (Å²) in [5.74, 6) is 0.991. The molecule has 2 nitrogen and oxygen atoms in total. The topological polar surface area (TPSA) is 21.3 Å². The number of ether oxygens (including phenoxy) is 1. The summed E-state index contributed by atoms with van der Waals surface area (Å²) in [5, 5.41) is 3.30. The maximum Gasteiger partial charge on any atom is 0.123 e. The van der Waals surface area contributed by atoms with Gasteiger partial charge in [-0.2, -0.15) is 0 Å². The Kier molecular flexibility index (Phi) is 4.33. The normalized spacial score (nSPS) is 19.5. The van der Waals surface area contributed by atoms with Crippen molar-refractivity contribution in [2.75, 3.05) is 19.7 Å². The van der Waals surface area contributed by atoms with Crippen LogP contribution in [0.25, 0.3) is 0 Å². The molecule has 0 aromatic carbocycles. The van der Waals surface area contributed by atoms with Gasteiger partial charge in [0.1, 0.15) is 12.4 Å². The lowest BCUT2D eigenvalue weighted by Crippen LogP contribution is -2.17. The van der Waals surface area contributed by atoms with E-state index >= 15 is 0 Å². The first-order valence-electron chi connectivity index (χ1n) is 4.70. The van der Waals surface area contributed by atoms with Crippen LogP contribution in [-0.2, 0) is 4.74 Å². The molecule has 0 saturated heterocycles. The highest BCUT2D eigenvalue weighted by atomic mass is 16.5. The molecule has 1 aliphatic heterocycles. The van der Waals surface area contributed by atoms with E-state index in [4.69, 9.17) is 4.74 Å². The Balaban J connectivity index is 2.84. The zero-order valence-corrected chi connectivity index (χ0v) is 8.34. The van der Waals surface area contributed by atoms with Gasteiger partial charge in [-0.1, -0.05) is 18.2 Å². The molecule has 1 N–H and O–H groups in total. The summed E-state index contributed by atoms with van der Waals surface area (Å²) < 4.78 is 5.59. The minimum Gasteiger partial charge on any atom is -0.492 e. The summed E-state index contributed by atoms with van der Waals surface area (Å²) >= 11 is 0. The molecule has 13 heavy (non-hydrogen) atoms. The average Bonchev–Trinajstić information content (AvgIpc) is 2.33. The highest BCUT2D eigenvalue weighted by Gasteiger charge is 2.06. The molecule has 0 aromatic rings. The highest BCUT2D eigenvalue weighted by Crippen LogP contribution is 2.11. The van der Waals surface area contributed by atoms with Crippen molar-refractivity contribution in [3.8, 4) is 0 Å². The molecule has 1 heterocycles. The second kappa shape index (κ2) is 5.60. The van der Waals surface area contributed by atoms with Crippen LogP contribution in [0.15, 0.2) is 35.6 Å². The molecule has 72 valence electrons. The summed E-state index contributed by atoms with van der Waals surface area (Å²) in [4.78, 5) is 0. The monoisotopic (exact) mass is 179 g/mol. The van der Waals surface area contributed by atoms with Gasteiger partial charge in [0, 0.05) is 18.7 Å². The van der Waals surface area contributed by atoms with E-state index in [1.54, 1.807) is 0 Å². The number of nitrogens with one attached hydrogen (secondary N) is 1. The van der Waals surface area contributed by atoms with Gasteiger partial charge in [-0.15, -0.1) is 0 Å². The summed E-state index contributed by atoms with van der Waals surface area (Å²) in [6.07, 6.45) is 8.15. The smallest absolute Gasteiger partial charge is 0.123 e. The second-order valence-corrected chi connectivity index (χ2v) is 2.91. The minimum absolute atomic E-state index is 0.751. The first-order valence-corrected chi connectivity index (χ1v) is 4.70. The molecular formula is C11H17NO. The van der Waals surface area contributed by atoms with Gasteiger partial charge < -0.3 is 10.1 Å². The van der Waals surface area contributed by atoms with Gasteiger partial charge >= 0.3 is 0 Å². The predicted octanol–water partition coefficient (Wildman–Crippen LogP) is 2.01. The maximum absolute atomic E-state index is 5.59. The van der Waals surface area contributed by atoms with Gasteiger partial charge in [0.25, 0.3) is 0 Å². The molecule has 0 atom stereocenters. The number of hydrogen-bond acceptors (Lipinski definition) is 2. The van der Waals surface area contributed by atoms with Crippen LogP contribution >= 0.6 is 0 Å². The van der Waals surface area contributed by atoms with E-state index < -0.39 is 0 Å². The molecule has 0 unspecified atom stereocenters. The third-order valence-corrected chi connectivity index (χ3v) is 1.85. The van der Waals surface area contributed by atoms with E-state index in [1.807, 2.05) is 32.1 Å². The number of allylic oxidation sites excluding steroid dienone is 3. The van der Waals surface area contributed by atoms with Crippen LogP contribution < -0.4 is 5.32 Å². The van der Waals surface area contributed by atoms with E-state index in [2.05, 4.69) is 11.4 Å².